The average molecular weight is 316 g/mol. The molecule has 5 heteroatoms. The Kier molecular flexibility index (Phi) is 4.12. The number of benzene rings is 1. The molecule has 1 N–H and O–H groups in total. The lowest BCUT2D eigenvalue weighted by Crippen LogP contribution is -1.96. The van der Waals surface area contributed by atoms with E-state index in [1.54, 1.807) is 19.4 Å². The predicted molar refractivity (Wildman–Crippen MR) is 71.9 cm³/mol. The second kappa shape index (κ2) is 5.60. The van der Waals surface area contributed by atoms with Crippen molar-refractivity contribution < 1.29 is 8.81 Å². The molecule has 0 aliphatic heterocycles. The summed E-state index contributed by atoms with van der Waals surface area (Å²) < 4.78 is 19.7. The van der Waals surface area contributed by atoms with Crippen LogP contribution in [0.4, 0.5) is 10.1 Å². The molecule has 2 rings (SSSR count). The van der Waals surface area contributed by atoms with E-state index in [0.717, 1.165) is 15.1 Å². The SMILES string of the molecule is CNc1c(F)ccc(Br)c1SCc1ccco1. The number of hydrogen-bond acceptors (Lipinski definition) is 3. The number of thioether (sulfide) groups is 1. The Labute approximate surface area is 112 Å². The van der Waals surface area contributed by atoms with Gasteiger partial charge in [-0.25, -0.2) is 4.39 Å². The molecule has 0 aliphatic carbocycles. The molecule has 0 aliphatic rings. The fourth-order valence-electron chi connectivity index (χ4n) is 1.45. The minimum absolute atomic E-state index is 0.252. The van der Waals surface area contributed by atoms with Crippen molar-refractivity contribution in [2.75, 3.05) is 12.4 Å². The van der Waals surface area contributed by atoms with Crippen molar-refractivity contribution in [3.8, 4) is 0 Å². The van der Waals surface area contributed by atoms with Crippen LogP contribution in [0.2, 0.25) is 0 Å². The highest BCUT2D eigenvalue weighted by atomic mass is 79.9. The van der Waals surface area contributed by atoms with Crippen molar-refractivity contribution in [2.45, 2.75) is 10.6 Å². The normalized spacial score (nSPS) is 10.5. The maximum Gasteiger partial charge on any atom is 0.147 e. The molecule has 0 fully saturated rings. The van der Waals surface area contributed by atoms with E-state index in [1.807, 2.05) is 12.1 Å². The zero-order chi connectivity index (χ0) is 12.3. The Bertz CT molecular complexity index is 501. The van der Waals surface area contributed by atoms with Crippen LogP contribution in [0.1, 0.15) is 5.76 Å². The molecule has 1 heterocycles. The second-order valence-corrected chi connectivity index (χ2v) is 5.19. The van der Waals surface area contributed by atoms with Crippen LogP contribution in [-0.2, 0) is 5.75 Å². The Balaban J connectivity index is 2.22. The minimum Gasteiger partial charge on any atom is -0.468 e. The van der Waals surface area contributed by atoms with E-state index < -0.39 is 0 Å². The Morgan fingerprint density at radius 2 is 2.24 bits per heavy atom. The van der Waals surface area contributed by atoms with E-state index in [0.29, 0.717) is 11.4 Å². The van der Waals surface area contributed by atoms with Crippen LogP contribution in [0.3, 0.4) is 0 Å². The summed E-state index contributed by atoms with van der Waals surface area (Å²) in [5, 5.41) is 2.88. The molecule has 2 aromatic rings. The standard InChI is InChI=1S/C12H11BrFNOS/c1-15-11-10(14)5-4-9(13)12(11)17-7-8-3-2-6-16-8/h2-6,15H,7H2,1H3. The molecule has 0 radical (unpaired) electrons. The van der Waals surface area contributed by atoms with E-state index in [1.165, 1.54) is 17.8 Å². The lowest BCUT2D eigenvalue weighted by molar-refractivity contribution is 0.530. The Hall–Kier alpha value is -0.940. The van der Waals surface area contributed by atoms with Crippen LogP contribution < -0.4 is 5.32 Å². The third kappa shape index (κ3) is 2.84. The largest absolute Gasteiger partial charge is 0.468 e. The number of rotatable bonds is 4. The van der Waals surface area contributed by atoms with Crippen LogP contribution >= 0.6 is 27.7 Å². The smallest absolute Gasteiger partial charge is 0.147 e. The summed E-state index contributed by atoms with van der Waals surface area (Å²) >= 11 is 4.96. The number of halogens is 2. The van der Waals surface area contributed by atoms with Crippen LogP contribution in [-0.4, -0.2) is 7.05 Å². The summed E-state index contributed by atoms with van der Waals surface area (Å²) in [5.41, 5.74) is 0.510. The van der Waals surface area contributed by atoms with Gasteiger partial charge in [0.1, 0.15) is 11.6 Å². The highest BCUT2D eigenvalue weighted by Crippen LogP contribution is 2.37. The zero-order valence-corrected chi connectivity index (χ0v) is 11.6. The quantitative estimate of drug-likeness (QED) is 0.840. The summed E-state index contributed by atoms with van der Waals surface area (Å²) in [6, 6.07) is 6.89. The third-order valence-corrected chi connectivity index (χ3v) is 4.31. The third-order valence-electron chi connectivity index (χ3n) is 2.25. The molecule has 0 spiro atoms. The monoisotopic (exact) mass is 315 g/mol. The first-order chi connectivity index (χ1) is 8.22. The van der Waals surface area contributed by atoms with Gasteiger partial charge in [-0.05, 0) is 40.2 Å². The van der Waals surface area contributed by atoms with E-state index >= 15 is 0 Å². The fraction of sp³-hybridized carbons (Fsp3) is 0.167. The molecular weight excluding hydrogens is 305 g/mol. The van der Waals surface area contributed by atoms with Crippen molar-refractivity contribution in [3.63, 3.8) is 0 Å². The van der Waals surface area contributed by atoms with Crippen LogP contribution in [0.5, 0.6) is 0 Å². The molecular formula is C12H11BrFNOS. The lowest BCUT2D eigenvalue weighted by Gasteiger charge is -2.11. The molecule has 17 heavy (non-hydrogen) atoms. The maximum atomic E-state index is 13.6. The van der Waals surface area contributed by atoms with Gasteiger partial charge in [0.2, 0.25) is 0 Å². The first-order valence-corrected chi connectivity index (χ1v) is 6.81. The first kappa shape index (κ1) is 12.5. The van der Waals surface area contributed by atoms with Gasteiger partial charge in [0.25, 0.3) is 0 Å². The van der Waals surface area contributed by atoms with Gasteiger partial charge in [0.15, 0.2) is 0 Å². The van der Waals surface area contributed by atoms with Crippen LogP contribution in [0.15, 0.2) is 44.3 Å². The predicted octanol–water partition coefficient (Wildman–Crippen LogP) is 4.52. The molecule has 1 aromatic heterocycles. The number of anilines is 1. The lowest BCUT2D eigenvalue weighted by atomic mass is 10.3. The van der Waals surface area contributed by atoms with Gasteiger partial charge in [0, 0.05) is 16.4 Å². The van der Waals surface area contributed by atoms with Crippen LogP contribution in [0, 0.1) is 5.82 Å². The van der Waals surface area contributed by atoms with Crippen molar-refractivity contribution in [1.82, 2.24) is 0 Å². The van der Waals surface area contributed by atoms with E-state index in [4.69, 9.17) is 4.42 Å². The van der Waals surface area contributed by atoms with Gasteiger partial charge < -0.3 is 9.73 Å². The molecule has 0 saturated carbocycles. The molecule has 2 nitrogen and oxygen atoms in total. The molecule has 0 unspecified atom stereocenters. The number of hydrogen-bond donors (Lipinski definition) is 1. The summed E-state index contributed by atoms with van der Waals surface area (Å²) in [5.74, 6) is 1.29. The van der Waals surface area contributed by atoms with Gasteiger partial charge in [-0.3, -0.25) is 0 Å². The summed E-state index contributed by atoms with van der Waals surface area (Å²) in [6.45, 7) is 0. The van der Waals surface area contributed by atoms with Crippen molar-refractivity contribution in [1.29, 1.82) is 0 Å². The summed E-state index contributed by atoms with van der Waals surface area (Å²) in [6.07, 6.45) is 1.63. The molecule has 0 saturated heterocycles. The molecule has 1 aromatic carbocycles. The molecule has 0 atom stereocenters. The average Bonchev–Trinajstić information content (AvgIpc) is 2.83. The van der Waals surface area contributed by atoms with Crippen molar-refractivity contribution in [3.05, 3.63) is 46.6 Å². The fourth-order valence-corrected chi connectivity index (χ4v) is 3.12. The second-order valence-electron chi connectivity index (χ2n) is 3.35. The van der Waals surface area contributed by atoms with E-state index in [-0.39, 0.29) is 5.82 Å². The number of furan rings is 1. The van der Waals surface area contributed by atoms with Gasteiger partial charge in [0.05, 0.1) is 17.7 Å². The molecule has 0 bridgehead atoms. The van der Waals surface area contributed by atoms with Gasteiger partial charge in [-0.2, -0.15) is 0 Å². The number of nitrogens with one attached hydrogen (secondary N) is 1. The highest BCUT2D eigenvalue weighted by Gasteiger charge is 2.12. The Morgan fingerprint density at radius 1 is 1.41 bits per heavy atom. The van der Waals surface area contributed by atoms with E-state index in [9.17, 15) is 4.39 Å². The van der Waals surface area contributed by atoms with Crippen LogP contribution in [0.25, 0.3) is 0 Å². The minimum atomic E-state index is -0.252. The molecule has 0 amide bonds. The maximum absolute atomic E-state index is 13.6. The molecule has 90 valence electrons. The summed E-state index contributed by atoms with van der Waals surface area (Å²) in [4.78, 5) is 0.851. The van der Waals surface area contributed by atoms with Gasteiger partial charge in [-0.1, -0.05) is 0 Å². The van der Waals surface area contributed by atoms with Gasteiger partial charge in [-0.15, -0.1) is 11.8 Å². The Morgan fingerprint density at radius 3 is 2.88 bits per heavy atom. The van der Waals surface area contributed by atoms with Crippen molar-refractivity contribution >= 4 is 33.4 Å². The summed E-state index contributed by atoms with van der Waals surface area (Å²) in [7, 11) is 1.71. The van der Waals surface area contributed by atoms with E-state index in [2.05, 4.69) is 21.2 Å². The highest BCUT2D eigenvalue weighted by molar-refractivity contribution is 9.10. The topological polar surface area (TPSA) is 25.2 Å². The zero-order valence-electron chi connectivity index (χ0n) is 9.17. The first-order valence-electron chi connectivity index (χ1n) is 5.03. The van der Waals surface area contributed by atoms with Crippen molar-refractivity contribution in [2.24, 2.45) is 0 Å². The van der Waals surface area contributed by atoms with Gasteiger partial charge >= 0.3 is 0 Å².